The molecule has 18 heavy (non-hydrogen) atoms. The van der Waals surface area contributed by atoms with Gasteiger partial charge in [-0.1, -0.05) is 41.6 Å². The maximum atomic E-state index is 9.97. The van der Waals surface area contributed by atoms with E-state index in [1.165, 1.54) is 15.4 Å². The zero-order chi connectivity index (χ0) is 13.6. The molecular formula is C16H22OS. The third-order valence-corrected chi connectivity index (χ3v) is 4.21. The molecule has 1 unspecified atom stereocenters. The van der Waals surface area contributed by atoms with E-state index in [4.69, 9.17) is 0 Å². The SMILES string of the molecule is C=CC(C)(O)CCC(Sc1ccccc1)=C(C)C. The van der Waals surface area contributed by atoms with E-state index >= 15 is 0 Å². The minimum Gasteiger partial charge on any atom is -0.386 e. The van der Waals surface area contributed by atoms with Crippen molar-refractivity contribution in [1.29, 1.82) is 0 Å². The summed E-state index contributed by atoms with van der Waals surface area (Å²) in [5.41, 5.74) is 0.529. The van der Waals surface area contributed by atoms with Gasteiger partial charge in [-0.3, -0.25) is 0 Å². The predicted molar refractivity (Wildman–Crippen MR) is 80.7 cm³/mol. The molecule has 0 saturated carbocycles. The Balaban J connectivity index is 2.69. The normalized spacial score (nSPS) is 13.8. The Labute approximate surface area is 115 Å². The summed E-state index contributed by atoms with van der Waals surface area (Å²) >= 11 is 1.78. The fourth-order valence-corrected chi connectivity index (χ4v) is 2.49. The van der Waals surface area contributed by atoms with Crippen LogP contribution in [0.5, 0.6) is 0 Å². The Hall–Kier alpha value is -0.990. The van der Waals surface area contributed by atoms with Crippen LogP contribution >= 0.6 is 11.8 Å². The second kappa shape index (κ2) is 6.81. The number of aliphatic hydroxyl groups is 1. The lowest BCUT2D eigenvalue weighted by atomic mass is 10.00. The van der Waals surface area contributed by atoms with E-state index in [0.29, 0.717) is 6.42 Å². The fraction of sp³-hybridized carbons (Fsp3) is 0.375. The first-order valence-electron chi connectivity index (χ1n) is 6.20. The fourth-order valence-electron chi connectivity index (χ4n) is 1.50. The Bertz CT molecular complexity index is 414. The maximum Gasteiger partial charge on any atom is 0.0800 e. The molecule has 0 bridgehead atoms. The molecule has 1 aromatic rings. The van der Waals surface area contributed by atoms with Gasteiger partial charge in [0.1, 0.15) is 0 Å². The Morgan fingerprint density at radius 3 is 2.44 bits per heavy atom. The predicted octanol–water partition coefficient (Wildman–Crippen LogP) is 4.79. The van der Waals surface area contributed by atoms with Crippen LogP contribution in [-0.2, 0) is 0 Å². The van der Waals surface area contributed by atoms with Gasteiger partial charge in [-0.2, -0.15) is 0 Å². The van der Waals surface area contributed by atoms with Gasteiger partial charge in [0.2, 0.25) is 0 Å². The van der Waals surface area contributed by atoms with E-state index < -0.39 is 5.60 Å². The number of thioether (sulfide) groups is 1. The minimum absolute atomic E-state index is 0.705. The van der Waals surface area contributed by atoms with E-state index in [1.807, 2.05) is 18.2 Å². The quantitative estimate of drug-likeness (QED) is 0.587. The van der Waals surface area contributed by atoms with Gasteiger partial charge in [0, 0.05) is 4.90 Å². The number of benzene rings is 1. The van der Waals surface area contributed by atoms with E-state index in [0.717, 1.165) is 6.42 Å². The molecule has 0 heterocycles. The molecule has 0 aliphatic rings. The highest BCUT2D eigenvalue weighted by Crippen LogP contribution is 2.33. The van der Waals surface area contributed by atoms with Gasteiger partial charge >= 0.3 is 0 Å². The standard InChI is InChI=1S/C16H22OS/c1-5-16(4,17)12-11-15(13(2)3)18-14-9-7-6-8-10-14/h5-10,17H,1,11-12H2,2-4H3. The second-order valence-corrected chi connectivity index (χ2v) is 6.07. The summed E-state index contributed by atoms with van der Waals surface area (Å²) < 4.78 is 0. The number of rotatable bonds is 6. The molecule has 0 saturated heterocycles. The van der Waals surface area contributed by atoms with Crippen LogP contribution in [0.3, 0.4) is 0 Å². The molecule has 1 atom stereocenters. The lowest BCUT2D eigenvalue weighted by Gasteiger charge is -2.19. The average Bonchev–Trinajstić information content (AvgIpc) is 2.35. The van der Waals surface area contributed by atoms with E-state index in [9.17, 15) is 5.11 Å². The molecule has 1 aromatic carbocycles. The molecule has 98 valence electrons. The Morgan fingerprint density at radius 1 is 1.33 bits per heavy atom. The number of allylic oxidation sites excluding steroid dienone is 2. The molecule has 2 heteroatoms. The molecule has 0 amide bonds. The zero-order valence-corrected chi connectivity index (χ0v) is 12.3. The number of hydrogen-bond donors (Lipinski definition) is 1. The van der Waals surface area contributed by atoms with Gasteiger partial charge in [-0.05, 0) is 50.7 Å². The van der Waals surface area contributed by atoms with Crippen LogP contribution in [0, 0.1) is 0 Å². The van der Waals surface area contributed by atoms with Gasteiger partial charge in [-0.25, -0.2) is 0 Å². The van der Waals surface area contributed by atoms with Crippen LogP contribution in [0.2, 0.25) is 0 Å². The molecule has 0 spiro atoms. The summed E-state index contributed by atoms with van der Waals surface area (Å²) in [5, 5.41) is 9.97. The van der Waals surface area contributed by atoms with Gasteiger partial charge in [0.15, 0.2) is 0 Å². The molecule has 0 fully saturated rings. The van der Waals surface area contributed by atoms with Gasteiger partial charge in [-0.15, -0.1) is 6.58 Å². The van der Waals surface area contributed by atoms with Crippen LogP contribution in [0.1, 0.15) is 33.6 Å². The van der Waals surface area contributed by atoms with Crippen molar-refractivity contribution in [3.05, 3.63) is 53.5 Å². The van der Waals surface area contributed by atoms with Crippen molar-refractivity contribution in [1.82, 2.24) is 0 Å². The van der Waals surface area contributed by atoms with Gasteiger partial charge in [0.05, 0.1) is 5.60 Å². The van der Waals surface area contributed by atoms with Crippen LogP contribution in [0.15, 0.2) is 58.4 Å². The molecule has 0 radical (unpaired) electrons. The van der Waals surface area contributed by atoms with Crippen molar-refractivity contribution < 1.29 is 5.11 Å². The van der Waals surface area contributed by atoms with E-state index in [-0.39, 0.29) is 0 Å². The first kappa shape index (κ1) is 15.1. The molecule has 1 N–H and O–H groups in total. The summed E-state index contributed by atoms with van der Waals surface area (Å²) in [7, 11) is 0. The monoisotopic (exact) mass is 262 g/mol. The van der Waals surface area contributed by atoms with Crippen molar-refractivity contribution in [3.63, 3.8) is 0 Å². The van der Waals surface area contributed by atoms with Crippen LogP contribution in [-0.4, -0.2) is 10.7 Å². The highest BCUT2D eigenvalue weighted by molar-refractivity contribution is 8.03. The summed E-state index contributed by atoms with van der Waals surface area (Å²) in [6, 6.07) is 10.3. The highest BCUT2D eigenvalue weighted by atomic mass is 32.2. The first-order valence-corrected chi connectivity index (χ1v) is 7.01. The smallest absolute Gasteiger partial charge is 0.0800 e. The molecule has 1 nitrogen and oxygen atoms in total. The van der Waals surface area contributed by atoms with Crippen molar-refractivity contribution in [2.45, 2.75) is 44.1 Å². The van der Waals surface area contributed by atoms with Gasteiger partial charge in [0.25, 0.3) is 0 Å². The average molecular weight is 262 g/mol. The van der Waals surface area contributed by atoms with E-state index in [1.54, 1.807) is 24.8 Å². The van der Waals surface area contributed by atoms with Crippen LogP contribution < -0.4 is 0 Å². The van der Waals surface area contributed by atoms with E-state index in [2.05, 4.69) is 32.6 Å². The topological polar surface area (TPSA) is 20.2 Å². The van der Waals surface area contributed by atoms with Crippen LogP contribution in [0.4, 0.5) is 0 Å². The largest absolute Gasteiger partial charge is 0.386 e. The third-order valence-electron chi connectivity index (χ3n) is 2.84. The summed E-state index contributed by atoms with van der Waals surface area (Å²) in [4.78, 5) is 2.57. The number of hydrogen-bond acceptors (Lipinski definition) is 2. The van der Waals surface area contributed by atoms with Gasteiger partial charge < -0.3 is 5.11 Å². The lowest BCUT2D eigenvalue weighted by molar-refractivity contribution is 0.103. The first-order chi connectivity index (χ1) is 8.44. The van der Waals surface area contributed by atoms with Crippen molar-refractivity contribution in [2.75, 3.05) is 0 Å². The molecule has 0 aromatic heterocycles. The minimum atomic E-state index is -0.780. The summed E-state index contributed by atoms with van der Waals surface area (Å²) in [5.74, 6) is 0. The van der Waals surface area contributed by atoms with Crippen molar-refractivity contribution in [2.24, 2.45) is 0 Å². The molecule has 0 aliphatic heterocycles. The Kier molecular flexibility index (Phi) is 5.70. The van der Waals surface area contributed by atoms with Crippen LogP contribution in [0.25, 0.3) is 0 Å². The van der Waals surface area contributed by atoms with Crippen molar-refractivity contribution >= 4 is 11.8 Å². The molecule has 0 aliphatic carbocycles. The molecular weight excluding hydrogens is 240 g/mol. The van der Waals surface area contributed by atoms with Crippen molar-refractivity contribution in [3.8, 4) is 0 Å². The maximum absolute atomic E-state index is 9.97. The third kappa shape index (κ3) is 5.11. The lowest BCUT2D eigenvalue weighted by Crippen LogP contribution is -2.19. The Morgan fingerprint density at radius 2 is 1.94 bits per heavy atom. The zero-order valence-electron chi connectivity index (χ0n) is 11.4. The second-order valence-electron chi connectivity index (χ2n) is 4.90. The highest BCUT2D eigenvalue weighted by Gasteiger charge is 2.16. The summed E-state index contributed by atoms with van der Waals surface area (Å²) in [6.45, 7) is 9.71. The summed E-state index contributed by atoms with van der Waals surface area (Å²) in [6.07, 6.45) is 3.19. The molecule has 1 rings (SSSR count).